The number of amides is 3. The monoisotopic (exact) mass is 651 g/mol. The van der Waals surface area contributed by atoms with Crippen molar-refractivity contribution < 1.29 is 24.2 Å². The number of anilines is 2. The van der Waals surface area contributed by atoms with Crippen LogP contribution in [0.15, 0.2) is 78.9 Å². The summed E-state index contributed by atoms with van der Waals surface area (Å²) in [6.07, 6.45) is 0.0647. The molecule has 3 fully saturated rings. The normalized spacial score (nSPS) is 28.4. The van der Waals surface area contributed by atoms with Gasteiger partial charge in [0.25, 0.3) is 0 Å². The lowest BCUT2D eigenvalue weighted by Gasteiger charge is -2.37. The number of alkyl halides is 1. The minimum atomic E-state index is -1.28. The van der Waals surface area contributed by atoms with Crippen LogP contribution in [0.3, 0.4) is 0 Å². The number of likely N-dealkylation sites (tertiary alicyclic amines) is 1. The third-order valence-corrected chi connectivity index (χ3v) is 9.87. The lowest BCUT2D eigenvalue weighted by molar-refractivity contribution is -0.143. The van der Waals surface area contributed by atoms with Crippen molar-refractivity contribution in [2.24, 2.45) is 11.8 Å². The van der Waals surface area contributed by atoms with Gasteiger partial charge in [-0.3, -0.25) is 14.4 Å². The zero-order chi connectivity index (χ0) is 29.6. The first-order chi connectivity index (χ1) is 20.2. The van der Waals surface area contributed by atoms with Gasteiger partial charge in [-0.1, -0.05) is 88.2 Å². The number of nitrogens with one attached hydrogen (secondary N) is 2. The van der Waals surface area contributed by atoms with Gasteiger partial charge in [-0.05, 0) is 49.1 Å². The molecule has 3 N–H and O–H groups in total. The Morgan fingerprint density at radius 1 is 1.05 bits per heavy atom. The fourth-order valence-corrected chi connectivity index (χ4v) is 8.14. The second kappa shape index (κ2) is 11.4. The van der Waals surface area contributed by atoms with Crippen LogP contribution in [0.5, 0.6) is 0 Å². The molecule has 3 unspecified atom stereocenters. The van der Waals surface area contributed by atoms with Crippen molar-refractivity contribution in [3.05, 3.63) is 95.0 Å². The summed E-state index contributed by atoms with van der Waals surface area (Å²) in [5, 5.41) is 16.9. The van der Waals surface area contributed by atoms with E-state index in [9.17, 15) is 19.5 Å². The average Bonchev–Trinajstić information content (AvgIpc) is 3.58. The number of fused-ring (bicyclic) bond motifs is 1. The van der Waals surface area contributed by atoms with Crippen molar-refractivity contribution in [3.8, 4) is 0 Å². The fraction of sp³-hybridized carbons (Fsp3) is 0.344. The van der Waals surface area contributed by atoms with Crippen molar-refractivity contribution in [1.82, 2.24) is 4.90 Å². The molecule has 6 rings (SSSR count). The first-order valence-corrected chi connectivity index (χ1v) is 15.2. The molecular weight excluding hydrogens is 622 g/mol. The summed E-state index contributed by atoms with van der Waals surface area (Å²) < 4.78 is 6.60. The van der Waals surface area contributed by atoms with E-state index in [-0.39, 0.29) is 23.2 Å². The molecule has 218 valence electrons. The van der Waals surface area contributed by atoms with Crippen molar-refractivity contribution in [1.29, 1.82) is 0 Å². The molecule has 3 aliphatic rings. The Labute approximate surface area is 257 Å². The van der Waals surface area contributed by atoms with Gasteiger partial charge in [-0.15, -0.1) is 0 Å². The number of hydrogen-bond acceptors (Lipinski definition) is 5. The quantitative estimate of drug-likeness (QED) is 0.309. The molecule has 42 heavy (non-hydrogen) atoms. The number of halogens is 2. The van der Waals surface area contributed by atoms with Gasteiger partial charge in [-0.25, -0.2) is 0 Å². The van der Waals surface area contributed by atoms with E-state index in [1.165, 1.54) is 4.90 Å². The number of aliphatic hydroxyl groups is 1. The molecular formula is C32H31BrClN3O5. The molecule has 3 aromatic carbocycles. The highest BCUT2D eigenvalue weighted by Gasteiger charge is 2.77. The van der Waals surface area contributed by atoms with E-state index in [0.717, 1.165) is 11.1 Å². The number of carbonyl (C=O) groups excluding carboxylic acids is 3. The highest BCUT2D eigenvalue weighted by atomic mass is 79.9. The van der Waals surface area contributed by atoms with E-state index in [1.54, 1.807) is 24.3 Å². The number of para-hydroxylation sites is 2. The topological polar surface area (TPSA) is 108 Å². The third-order valence-electron chi connectivity index (χ3n) is 8.71. The number of hydrogen-bond donors (Lipinski definition) is 3. The van der Waals surface area contributed by atoms with Crippen LogP contribution in [0.4, 0.5) is 11.4 Å². The summed E-state index contributed by atoms with van der Waals surface area (Å²) in [5.41, 5.74) is 1.44. The zero-order valence-corrected chi connectivity index (χ0v) is 25.2. The maximum atomic E-state index is 14.5. The van der Waals surface area contributed by atoms with E-state index in [0.29, 0.717) is 29.2 Å². The van der Waals surface area contributed by atoms with Crippen LogP contribution < -0.4 is 10.6 Å². The molecule has 3 heterocycles. The van der Waals surface area contributed by atoms with Crippen LogP contribution in [-0.4, -0.2) is 63.0 Å². The maximum Gasteiger partial charge on any atom is 0.250 e. The number of aryl methyl sites for hydroxylation is 1. The Hall–Kier alpha value is -3.24. The van der Waals surface area contributed by atoms with Gasteiger partial charge in [0.15, 0.2) is 0 Å². The molecule has 10 heteroatoms. The number of rotatable bonds is 8. The molecule has 0 radical (unpaired) electrons. The fourth-order valence-electron chi connectivity index (χ4n) is 6.93. The number of ether oxygens (including phenoxy) is 1. The van der Waals surface area contributed by atoms with Crippen molar-refractivity contribution in [2.75, 3.05) is 17.2 Å². The first-order valence-electron chi connectivity index (χ1n) is 14.0. The molecule has 3 saturated heterocycles. The zero-order valence-electron chi connectivity index (χ0n) is 22.9. The second-order valence-electron chi connectivity index (χ2n) is 11.2. The highest BCUT2D eigenvalue weighted by Crippen LogP contribution is 2.60. The van der Waals surface area contributed by atoms with Gasteiger partial charge >= 0.3 is 0 Å². The first kappa shape index (κ1) is 28.9. The lowest BCUT2D eigenvalue weighted by atomic mass is 9.70. The smallest absolute Gasteiger partial charge is 0.250 e. The summed E-state index contributed by atoms with van der Waals surface area (Å²) in [6.45, 7) is 1.46. The van der Waals surface area contributed by atoms with E-state index < -0.39 is 41.5 Å². The van der Waals surface area contributed by atoms with Crippen LogP contribution >= 0.6 is 27.5 Å². The SMILES string of the molecule is Cc1cccc(Cl)c1NC(=O)C1N([C@@H](CO)Cc2ccccc2)C(=O)[C@@H]2[C@H](C(=O)Nc3ccccc3)[C@H]3OC12CC3Br. The summed E-state index contributed by atoms with van der Waals surface area (Å²) in [6, 6.07) is 22.0. The minimum Gasteiger partial charge on any atom is -0.394 e. The molecule has 3 aromatic rings. The molecule has 3 aliphatic heterocycles. The molecule has 1 spiro atoms. The average molecular weight is 653 g/mol. The van der Waals surface area contributed by atoms with Gasteiger partial charge in [0.1, 0.15) is 11.6 Å². The number of aliphatic hydroxyl groups excluding tert-OH is 1. The van der Waals surface area contributed by atoms with Gasteiger partial charge in [-0.2, -0.15) is 0 Å². The molecule has 2 bridgehead atoms. The molecule has 8 nitrogen and oxygen atoms in total. The Balaban J connectivity index is 1.41. The third kappa shape index (κ3) is 4.82. The standard InChI is InChI=1S/C32H31BrClN3O5/c1-18-9-8-14-23(34)26(18)36-30(40)28-32-16-22(33)27(42-32)24(29(39)35-20-12-6-3-7-13-20)25(32)31(41)37(28)21(17-38)15-19-10-4-2-5-11-19/h2-14,21-22,24-25,27-28,38H,15-17H2,1H3,(H,35,39)(H,36,40)/t21-,22?,24+,25+,27+,28?,32?/m1/s1. The summed E-state index contributed by atoms with van der Waals surface area (Å²) in [7, 11) is 0. The van der Waals surface area contributed by atoms with Crippen LogP contribution in [0.25, 0.3) is 0 Å². The van der Waals surface area contributed by atoms with Crippen molar-refractivity contribution in [2.45, 2.75) is 48.4 Å². The van der Waals surface area contributed by atoms with E-state index >= 15 is 0 Å². The number of carbonyl (C=O) groups is 3. The Morgan fingerprint density at radius 3 is 2.40 bits per heavy atom. The molecule has 0 aromatic heterocycles. The van der Waals surface area contributed by atoms with Crippen LogP contribution in [0.1, 0.15) is 17.5 Å². The maximum absolute atomic E-state index is 14.5. The van der Waals surface area contributed by atoms with Crippen LogP contribution in [0, 0.1) is 18.8 Å². The van der Waals surface area contributed by atoms with Gasteiger partial charge in [0.2, 0.25) is 17.7 Å². The largest absolute Gasteiger partial charge is 0.394 e. The van der Waals surface area contributed by atoms with E-state index in [2.05, 4.69) is 26.6 Å². The van der Waals surface area contributed by atoms with Crippen LogP contribution in [-0.2, 0) is 25.5 Å². The second-order valence-corrected chi connectivity index (χ2v) is 12.8. The lowest BCUT2D eigenvalue weighted by Crippen LogP contribution is -2.57. The Kier molecular flexibility index (Phi) is 7.87. The number of benzene rings is 3. The predicted molar refractivity (Wildman–Crippen MR) is 163 cm³/mol. The van der Waals surface area contributed by atoms with Crippen molar-refractivity contribution >= 4 is 56.6 Å². The van der Waals surface area contributed by atoms with Gasteiger partial charge in [0, 0.05) is 10.5 Å². The summed E-state index contributed by atoms with van der Waals surface area (Å²) >= 11 is 10.2. The Morgan fingerprint density at radius 2 is 1.74 bits per heavy atom. The highest BCUT2D eigenvalue weighted by molar-refractivity contribution is 9.09. The van der Waals surface area contributed by atoms with Gasteiger partial charge < -0.3 is 25.4 Å². The van der Waals surface area contributed by atoms with Gasteiger partial charge in [0.05, 0.1) is 41.3 Å². The van der Waals surface area contributed by atoms with E-state index in [4.69, 9.17) is 16.3 Å². The molecule has 7 atom stereocenters. The van der Waals surface area contributed by atoms with Crippen molar-refractivity contribution in [3.63, 3.8) is 0 Å². The minimum absolute atomic E-state index is 0.257. The van der Waals surface area contributed by atoms with Crippen LogP contribution in [0.2, 0.25) is 5.02 Å². The number of nitrogens with zero attached hydrogens (tertiary/aromatic N) is 1. The molecule has 3 amide bonds. The Bertz CT molecular complexity index is 1490. The molecule has 0 saturated carbocycles. The molecule has 0 aliphatic carbocycles. The van der Waals surface area contributed by atoms with E-state index in [1.807, 2.05) is 61.5 Å². The predicted octanol–water partition coefficient (Wildman–Crippen LogP) is 4.58. The summed E-state index contributed by atoms with van der Waals surface area (Å²) in [5.74, 6) is -2.95. The summed E-state index contributed by atoms with van der Waals surface area (Å²) in [4.78, 5) is 43.8.